The molecule has 0 N–H and O–H groups in total. The summed E-state index contributed by atoms with van der Waals surface area (Å²) in [6.45, 7) is 2.62. The fourth-order valence-electron chi connectivity index (χ4n) is 2.31. The van der Waals surface area contributed by atoms with Gasteiger partial charge in [-0.05, 0) is 24.6 Å². The Morgan fingerprint density at radius 1 is 1.17 bits per heavy atom. The highest BCUT2D eigenvalue weighted by Crippen LogP contribution is 2.26. The summed E-state index contributed by atoms with van der Waals surface area (Å²) in [6, 6.07) is 5.94. The molecule has 0 radical (unpaired) electrons. The molecule has 6 heteroatoms. The molecule has 0 saturated heterocycles. The molecule has 2 aromatic heterocycles. The standard InChI is InChI=1S/C17H17ClN4O/c1-12-3-4-15(14(18)9-12)22-7-6-19-17(22)13-10-20-16(21-11-13)5-8-23-2/h3-4,6-7,9-11H,5,8H2,1-2H3. The van der Waals surface area contributed by atoms with Gasteiger partial charge >= 0.3 is 0 Å². The molecule has 0 aliphatic rings. The van der Waals surface area contributed by atoms with E-state index in [-0.39, 0.29) is 0 Å². The van der Waals surface area contributed by atoms with Gasteiger partial charge in [0.05, 0.1) is 22.9 Å². The summed E-state index contributed by atoms with van der Waals surface area (Å²) < 4.78 is 6.98. The number of rotatable bonds is 5. The van der Waals surface area contributed by atoms with E-state index in [9.17, 15) is 0 Å². The molecule has 5 nitrogen and oxygen atoms in total. The number of hydrogen-bond acceptors (Lipinski definition) is 4. The van der Waals surface area contributed by atoms with E-state index in [1.54, 1.807) is 25.7 Å². The molecule has 0 fully saturated rings. The number of benzene rings is 1. The highest BCUT2D eigenvalue weighted by molar-refractivity contribution is 6.32. The van der Waals surface area contributed by atoms with E-state index in [0.29, 0.717) is 18.1 Å². The van der Waals surface area contributed by atoms with Crippen LogP contribution in [-0.2, 0) is 11.2 Å². The third-order valence-electron chi connectivity index (χ3n) is 3.50. The predicted octanol–water partition coefficient (Wildman–Crippen LogP) is 3.48. The molecule has 0 spiro atoms. The van der Waals surface area contributed by atoms with Crippen LogP contribution >= 0.6 is 11.6 Å². The lowest BCUT2D eigenvalue weighted by molar-refractivity contribution is 0.200. The molecular weight excluding hydrogens is 312 g/mol. The lowest BCUT2D eigenvalue weighted by Crippen LogP contribution is -2.02. The largest absolute Gasteiger partial charge is 0.384 e. The Bertz CT molecular complexity index is 799. The topological polar surface area (TPSA) is 52.8 Å². The molecule has 1 aromatic carbocycles. The highest BCUT2D eigenvalue weighted by Gasteiger charge is 2.11. The normalized spacial score (nSPS) is 10.9. The molecule has 2 heterocycles. The van der Waals surface area contributed by atoms with Crippen molar-refractivity contribution in [3.8, 4) is 17.1 Å². The van der Waals surface area contributed by atoms with Crippen LogP contribution in [0.25, 0.3) is 17.1 Å². The summed E-state index contributed by atoms with van der Waals surface area (Å²) in [4.78, 5) is 13.1. The predicted molar refractivity (Wildman–Crippen MR) is 89.9 cm³/mol. The Hall–Kier alpha value is -2.24. The maximum absolute atomic E-state index is 6.37. The van der Waals surface area contributed by atoms with E-state index >= 15 is 0 Å². The fraction of sp³-hybridized carbons (Fsp3) is 0.235. The molecule has 0 unspecified atom stereocenters. The van der Waals surface area contributed by atoms with Crippen LogP contribution in [0.3, 0.4) is 0 Å². The summed E-state index contributed by atoms with van der Waals surface area (Å²) >= 11 is 6.37. The lowest BCUT2D eigenvalue weighted by atomic mass is 10.2. The monoisotopic (exact) mass is 328 g/mol. The minimum Gasteiger partial charge on any atom is -0.384 e. The fourth-order valence-corrected chi connectivity index (χ4v) is 2.64. The van der Waals surface area contributed by atoms with E-state index in [0.717, 1.165) is 28.5 Å². The third kappa shape index (κ3) is 3.41. The number of methoxy groups -OCH3 is 1. The Morgan fingerprint density at radius 3 is 2.65 bits per heavy atom. The van der Waals surface area contributed by atoms with Crippen LogP contribution in [0.5, 0.6) is 0 Å². The van der Waals surface area contributed by atoms with Crippen LogP contribution < -0.4 is 0 Å². The number of halogens is 1. The van der Waals surface area contributed by atoms with E-state index in [4.69, 9.17) is 16.3 Å². The van der Waals surface area contributed by atoms with Gasteiger partial charge < -0.3 is 4.74 Å². The average molecular weight is 329 g/mol. The van der Waals surface area contributed by atoms with Crippen molar-refractivity contribution >= 4 is 11.6 Å². The van der Waals surface area contributed by atoms with E-state index in [2.05, 4.69) is 15.0 Å². The molecule has 23 heavy (non-hydrogen) atoms. The van der Waals surface area contributed by atoms with Crippen LogP contribution in [0, 0.1) is 6.92 Å². The zero-order chi connectivity index (χ0) is 16.2. The van der Waals surface area contributed by atoms with Crippen molar-refractivity contribution in [1.29, 1.82) is 0 Å². The Balaban J connectivity index is 1.94. The van der Waals surface area contributed by atoms with Crippen molar-refractivity contribution in [2.75, 3.05) is 13.7 Å². The van der Waals surface area contributed by atoms with Gasteiger partial charge in [0.1, 0.15) is 11.6 Å². The van der Waals surface area contributed by atoms with Gasteiger partial charge in [0, 0.05) is 38.3 Å². The van der Waals surface area contributed by atoms with E-state index in [1.807, 2.05) is 35.9 Å². The van der Waals surface area contributed by atoms with E-state index in [1.165, 1.54) is 0 Å². The van der Waals surface area contributed by atoms with Crippen LogP contribution in [-0.4, -0.2) is 33.2 Å². The molecule has 0 saturated carbocycles. The Morgan fingerprint density at radius 2 is 1.96 bits per heavy atom. The number of aromatic nitrogens is 4. The maximum Gasteiger partial charge on any atom is 0.147 e. The zero-order valence-corrected chi connectivity index (χ0v) is 13.8. The van der Waals surface area contributed by atoms with Crippen molar-refractivity contribution in [2.45, 2.75) is 13.3 Å². The first-order valence-corrected chi connectivity index (χ1v) is 7.67. The number of aryl methyl sites for hydroxylation is 1. The minimum absolute atomic E-state index is 0.604. The third-order valence-corrected chi connectivity index (χ3v) is 3.80. The summed E-state index contributed by atoms with van der Waals surface area (Å²) in [5.74, 6) is 1.51. The second kappa shape index (κ2) is 6.89. The summed E-state index contributed by atoms with van der Waals surface area (Å²) in [5.41, 5.74) is 2.84. The molecule has 0 aliphatic carbocycles. The maximum atomic E-state index is 6.37. The van der Waals surface area contributed by atoms with Gasteiger partial charge in [0.15, 0.2) is 0 Å². The molecule has 0 amide bonds. The number of ether oxygens (including phenoxy) is 1. The highest BCUT2D eigenvalue weighted by atomic mass is 35.5. The molecule has 0 atom stereocenters. The van der Waals surface area contributed by atoms with Gasteiger partial charge in [-0.1, -0.05) is 17.7 Å². The first kappa shape index (κ1) is 15.6. The van der Waals surface area contributed by atoms with Gasteiger partial charge in [-0.25, -0.2) is 15.0 Å². The number of nitrogens with zero attached hydrogens (tertiary/aromatic N) is 4. The van der Waals surface area contributed by atoms with Gasteiger partial charge in [0.2, 0.25) is 0 Å². The summed E-state index contributed by atoms with van der Waals surface area (Å²) in [5, 5.41) is 0.682. The van der Waals surface area contributed by atoms with Gasteiger partial charge in [-0.3, -0.25) is 4.57 Å². The minimum atomic E-state index is 0.604. The SMILES string of the molecule is COCCc1ncc(-c2nccn2-c2ccc(C)cc2Cl)cn1. The first-order valence-electron chi connectivity index (χ1n) is 7.29. The van der Waals surface area contributed by atoms with Crippen LogP contribution in [0.1, 0.15) is 11.4 Å². The van der Waals surface area contributed by atoms with Crippen molar-refractivity contribution in [3.63, 3.8) is 0 Å². The molecular formula is C17H17ClN4O. The second-order valence-corrected chi connectivity index (χ2v) is 5.61. The Kier molecular flexibility index (Phi) is 4.69. The van der Waals surface area contributed by atoms with Crippen molar-refractivity contribution in [2.24, 2.45) is 0 Å². The molecule has 0 aliphatic heterocycles. The average Bonchev–Trinajstić information content (AvgIpc) is 3.02. The van der Waals surface area contributed by atoms with E-state index < -0.39 is 0 Å². The molecule has 3 aromatic rings. The molecule has 3 rings (SSSR count). The summed E-state index contributed by atoms with van der Waals surface area (Å²) in [6.07, 6.45) is 7.86. The van der Waals surface area contributed by atoms with Gasteiger partial charge in [-0.15, -0.1) is 0 Å². The second-order valence-electron chi connectivity index (χ2n) is 5.21. The van der Waals surface area contributed by atoms with Crippen LogP contribution in [0.2, 0.25) is 5.02 Å². The lowest BCUT2D eigenvalue weighted by Gasteiger charge is -2.10. The quantitative estimate of drug-likeness (QED) is 0.719. The first-order chi connectivity index (χ1) is 11.2. The smallest absolute Gasteiger partial charge is 0.147 e. The van der Waals surface area contributed by atoms with Crippen LogP contribution in [0.15, 0.2) is 43.0 Å². The van der Waals surface area contributed by atoms with Gasteiger partial charge in [0.25, 0.3) is 0 Å². The number of hydrogen-bond donors (Lipinski definition) is 0. The van der Waals surface area contributed by atoms with Crippen LogP contribution in [0.4, 0.5) is 0 Å². The summed E-state index contributed by atoms with van der Waals surface area (Å²) in [7, 11) is 1.66. The van der Waals surface area contributed by atoms with Crippen molar-refractivity contribution in [1.82, 2.24) is 19.5 Å². The molecule has 118 valence electrons. The Labute approximate surface area is 140 Å². The number of imidazole rings is 1. The van der Waals surface area contributed by atoms with Crippen molar-refractivity contribution < 1.29 is 4.74 Å². The molecule has 0 bridgehead atoms. The van der Waals surface area contributed by atoms with Gasteiger partial charge in [-0.2, -0.15) is 0 Å². The van der Waals surface area contributed by atoms with Crippen molar-refractivity contribution in [3.05, 3.63) is 59.4 Å². The zero-order valence-electron chi connectivity index (χ0n) is 13.0.